The van der Waals surface area contributed by atoms with E-state index in [-0.39, 0.29) is 24.2 Å². The summed E-state index contributed by atoms with van der Waals surface area (Å²) in [6.07, 6.45) is 3.84. The molecule has 4 aromatic rings. The van der Waals surface area contributed by atoms with Crippen LogP contribution in [0.15, 0.2) is 77.7 Å². The molecule has 152 valence electrons. The number of halogens is 1. The van der Waals surface area contributed by atoms with Gasteiger partial charge in [-0.15, -0.1) is 0 Å². The Morgan fingerprint density at radius 3 is 2.67 bits per heavy atom. The molecule has 4 rings (SSSR count). The molecule has 0 spiro atoms. The molecular formula is C23H21FN4O2. The van der Waals surface area contributed by atoms with Gasteiger partial charge in [0, 0.05) is 12.8 Å². The Morgan fingerprint density at radius 1 is 1.13 bits per heavy atom. The Morgan fingerprint density at radius 2 is 1.93 bits per heavy atom. The lowest BCUT2D eigenvalue weighted by Gasteiger charge is -2.14. The van der Waals surface area contributed by atoms with Gasteiger partial charge in [0.05, 0.1) is 17.3 Å². The van der Waals surface area contributed by atoms with Crippen LogP contribution in [-0.2, 0) is 11.2 Å². The van der Waals surface area contributed by atoms with Crippen LogP contribution in [0.25, 0.3) is 17.0 Å². The molecule has 0 saturated heterocycles. The highest BCUT2D eigenvalue weighted by molar-refractivity contribution is 5.76. The van der Waals surface area contributed by atoms with Crippen molar-refractivity contribution in [3.05, 3.63) is 90.5 Å². The smallest absolute Gasteiger partial charge is 0.220 e. The molecule has 2 heterocycles. The van der Waals surface area contributed by atoms with Gasteiger partial charge in [-0.3, -0.25) is 4.79 Å². The minimum absolute atomic E-state index is 0.0771. The average Bonchev–Trinajstić information content (AvgIpc) is 3.45. The summed E-state index contributed by atoms with van der Waals surface area (Å²) in [5.74, 6) is 0.698. The number of rotatable bonds is 7. The van der Waals surface area contributed by atoms with Crippen LogP contribution in [-0.4, -0.2) is 20.7 Å². The molecule has 1 amide bonds. The number of furan rings is 1. The van der Waals surface area contributed by atoms with Crippen LogP contribution < -0.4 is 5.32 Å². The molecular weight excluding hydrogens is 383 g/mol. The van der Waals surface area contributed by atoms with Crippen molar-refractivity contribution in [1.29, 1.82) is 0 Å². The molecule has 0 aliphatic carbocycles. The van der Waals surface area contributed by atoms with Crippen molar-refractivity contribution >= 4 is 5.91 Å². The van der Waals surface area contributed by atoms with E-state index >= 15 is 0 Å². The van der Waals surface area contributed by atoms with Crippen LogP contribution in [0.5, 0.6) is 0 Å². The van der Waals surface area contributed by atoms with Crippen molar-refractivity contribution in [1.82, 2.24) is 20.1 Å². The quantitative estimate of drug-likeness (QED) is 0.493. The first-order valence-electron chi connectivity index (χ1n) is 9.68. The largest absolute Gasteiger partial charge is 0.461 e. The maximum atomic E-state index is 13.9. The summed E-state index contributed by atoms with van der Waals surface area (Å²) in [4.78, 5) is 16.3. The zero-order valence-corrected chi connectivity index (χ0v) is 16.5. The maximum absolute atomic E-state index is 13.9. The highest BCUT2D eigenvalue weighted by Gasteiger charge is 2.13. The molecule has 2 aromatic carbocycles. The molecule has 30 heavy (non-hydrogen) atoms. The number of carbonyl (C=O) groups excluding carboxylic acids is 1. The van der Waals surface area contributed by atoms with E-state index < -0.39 is 0 Å². The lowest BCUT2D eigenvalue weighted by molar-refractivity contribution is -0.121. The third-order valence-corrected chi connectivity index (χ3v) is 4.85. The predicted octanol–water partition coefficient (Wildman–Crippen LogP) is 4.48. The Labute approximate surface area is 173 Å². The van der Waals surface area contributed by atoms with Gasteiger partial charge in [-0.25, -0.2) is 14.1 Å². The monoisotopic (exact) mass is 404 g/mol. The summed E-state index contributed by atoms with van der Waals surface area (Å²) in [6, 6.07) is 17.6. The van der Waals surface area contributed by atoms with Crippen molar-refractivity contribution in [2.75, 3.05) is 0 Å². The molecule has 1 atom stereocenters. The van der Waals surface area contributed by atoms with Crippen LogP contribution in [0.1, 0.15) is 30.7 Å². The Balaban J connectivity index is 1.31. The number of amides is 1. The zero-order valence-electron chi connectivity index (χ0n) is 16.5. The number of aromatic nitrogens is 3. The Hall–Kier alpha value is -3.74. The standard InChI is InChI=1S/C23H21FN4O2/c1-16(17-6-8-18(9-7-17)28-15-25-14-26-28)27-23(29)13-11-19-10-12-22(30-19)20-4-2-3-5-21(20)24/h2-10,12,14-16H,11,13H2,1H3,(H,27,29). The van der Waals surface area contributed by atoms with Crippen molar-refractivity contribution < 1.29 is 13.6 Å². The second-order valence-corrected chi connectivity index (χ2v) is 6.97. The molecule has 0 fully saturated rings. The van der Waals surface area contributed by atoms with Gasteiger partial charge in [-0.2, -0.15) is 5.10 Å². The van der Waals surface area contributed by atoms with E-state index in [1.165, 1.54) is 12.4 Å². The van der Waals surface area contributed by atoms with E-state index in [1.54, 1.807) is 41.3 Å². The second-order valence-electron chi connectivity index (χ2n) is 6.97. The second kappa shape index (κ2) is 8.73. The van der Waals surface area contributed by atoms with Crippen LogP contribution in [0.2, 0.25) is 0 Å². The fourth-order valence-electron chi connectivity index (χ4n) is 3.21. The molecule has 0 aliphatic rings. The van der Waals surface area contributed by atoms with Crippen molar-refractivity contribution in [3.8, 4) is 17.0 Å². The molecule has 2 aromatic heterocycles. The molecule has 6 nitrogen and oxygen atoms in total. The number of benzene rings is 2. The van der Waals surface area contributed by atoms with Gasteiger partial charge in [0.2, 0.25) is 5.91 Å². The number of carbonyl (C=O) groups is 1. The molecule has 7 heteroatoms. The van der Waals surface area contributed by atoms with Gasteiger partial charge in [-0.1, -0.05) is 24.3 Å². The van der Waals surface area contributed by atoms with Gasteiger partial charge >= 0.3 is 0 Å². The third-order valence-electron chi connectivity index (χ3n) is 4.85. The summed E-state index contributed by atoms with van der Waals surface area (Å²) in [7, 11) is 0. The van der Waals surface area contributed by atoms with Crippen LogP contribution in [0.4, 0.5) is 4.39 Å². The van der Waals surface area contributed by atoms with Crippen LogP contribution in [0.3, 0.4) is 0 Å². The lowest BCUT2D eigenvalue weighted by Crippen LogP contribution is -2.26. The van der Waals surface area contributed by atoms with Gasteiger partial charge < -0.3 is 9.73 Å². The maximum Gasteiger partial charge on any atom is 0.220 e. The van der Waals surface area contributed by atoms with E-state index in [4.69, 9.17) is 4.42 Å². The Bertz CT molecular complexity index is 1120. The zero-order chi connectivity index (χ0) is 20.9. The molecule has 0 saturated carbocycles. The van der Waals surface area contributed by atoms with Gasteiger partial charge in [0.15, 0.2) is 0 Å². The average molecular weight is 404 g/mol. The number of hydrogen-bond acceptors (Lipinski definition) is 4. The number of hydrogen-bond donors (Lipinski definition) is 1. The summed E-state index contributed by atoms with van der Waals surface area (Å²) in [6.45, 7) is 1.94. The summed E-state index contributed by atoms with van der Waals surface area (Å²) in [5, 5.41) is 7.09. The number of aryl methyl sites for hydroxylation is 1. The van der Waals surface area contributed by atoms with Crippen molar-refractivity contribution in [2.24, 2.45) is 0 Å². The number of nitrogens with zero attached hydrogens (tertiary/aromatic N) is 3. The molecule has 1 unspecified atom stereocenters. The summed E-state index contributed by atoms with van der Waals surface area (Å²) in [5.41, 5.74) is 2.31. The number of nitrogens with one attached hydrogen (secondary N) is 1. The highest BCUT2D eigenvalue weighted by atomic mass is 19.1. The van der Waals surface area contributed by atoms with E-state index in [0.717, 1.165) is 11.3 Å². The minimum atomic E-state index is -0.334. The van der Waals surface area contributed by atoms with E-state index in [1.807, 2.05) is 31.2 Å². The normalized spacial score (nSPS) is 11.9. The van der Waals surface area contributed by atoms with Crippen molar-refractivity contribution in [2.45, 2.75) is 25.8 Å². The first-order valence-corrected chi connectivity index (χ1v) is 9.68. The topological polar surface area (TPSA) is 73.0 Å². The van der Waals surface area contributed by atoms with E-state index in [9.17, 15) is 9.18 Å². The minimum Gasteiger partial charge on any atom is -0.461 e. The Kier molecular flexibility index (Phi) is 5.70. The SMILES string of the molecule is CC(NC(=O)CCc1ccc(-c2ccccc2F)o1)c1ccc(-n2cncn2)cc1. The fourth-order valence-corrected chi connectivity index (χ4v) is 3.21. The molecule has 1 N–H and O–H groups in total. The summed E-state index contributed by atoms with van der Waals surface area (Å²) >= 11 is 0. The van der Waals surface area contributed by atoms with E-state index in [0.29, 0.717) is 23.5 Å². The highest BCUT2D eigenvalue weighted by Crippen LogP contribution is 2.25. The first-order chi connectivity index (χ1) is 14.6. The first kappa shape index (κ1) is 19.6. The van der Waals surface area contributed by atoms with Gasteiger partial charge in [-0.05, 0) is 48.9 Å². The molecule has 0 bridgehead atoms. The molecule has 0 aliphatic heterocycles. The fraction of sp³-hybridized carbons (Fsp3) is 0.174. The van der Waals surface area contributed by atoms with E-state index in [2.05, 4.69) is 15.4 Å². The van der Waals surface area contributed by atoms with Gasteiger partial charge in [0.1, 0.15) is 30.0 Å². The summed E-state index contributed by atoms with van der Waals surface area (Å²) < 4.78 is 21.3. The molecule has 0 radical (unpaired) electrons. The van der Waals surface area contributed by atoms with Crippen LogP contribution >= 0.6 is 0 Å². The third kappa shape index (κ3) is 4.46. The van der Waals surface area contributed by atoms with Crippen molar-refractivity contribution in [3.63, 3.8) is 0 Å². The predicted molar refractivity (Wildman–Crippen MR) is 110 cm³/mol. The van der Waals surface area contributed by atoms with Crippen LogP contribution in [0, 0.1) is 5.82 Å². The van der Waals surface area contributed by atoms with Gasteiger partial charge in [0.25, 0.3) is 0 Å². The lowest BCUT2D eigenvalue weighted by atomic mass is 10.1.